The summed E-state index contributed by atoms with van der Waals surface area (Å²) in [6, 6.07) is 0. The molecule has 6 heteroatoms. The van der Waals surface area contributed by atoms with E-state index in [2.05, 4.69) is 23.6 Å². The highest BCUT2D eigenvalue weighted by atomic mass is 16.4. The van der Waals surface area contributed by atoms with Gasteiger partial charge in [-0.15, -0.1) is 0 Å². The highest BCUT2D eigenvalue weighted by Crippen LogP contribution is 2.06. The van der Waals surface area contributed by atoms with E-state index in [-0.39, 0.29) is 12.3 Å². The van der Waals surface area contributed by atoms with E-state index < -0.39 is 5.97 Å². The molecule has 0 aromatic rings. The molecule has 0 bridgehead atoms. The van der Waals surface area contributed by atoms with Crippen LogP contribution in [-0.2, 0) is 9.59 Å². The Morgan fingerprint density at radius 2 is 1.67 bits per heavy atom. The van der Waals surface area contributed by atoms with Gasteiger partial charge in [0.2, 0.25) is 5.91 Å². The van der Waals surface area contributed by atoms with E-state index in [1.807, 2.05) is 4.90 Å². The maximum Gasteiger partial charge on any atom is 0.303 e. The maximum atomic E-state index is 12.2. The number of carbonyl (C=O) groups is 2. The SMILES string of the molecule is CCN(CC)CC(=O)N1CCN(CCCCC(=O)O)CC1. The van der Waals surface area contributed by atoms with Crippen LogP contribution in [0.5, 0.6) is 0 Å². The normalized spacial score (nSPS) is 16.4. The van der Waals surface area contributed by atoms with Gasteiger partial charge in [0, 0.05) is 32.6 Å². The number of hydrogen-bond donors (Lipinski definition) is 1. The van der Waals surface area contributed by atoms with Crippen molar-refractivity contribution < 1.29 is 14.7 Å². The van der Waals surface area contributed by atoms with Crippen LogP contribution in [0.4, 0.5) is 0 Å². The molecule has 1 fully saturated rings. The Kier molecular flexibility index (Phi) is 8.30. The first-order valence-electron chi connectivity index (χ1n) is 8.01. The Hall–Kier alpha value is -1.14. The lowest BCUT2D eigenvalue weighted by Crippen LogP contribution is -2.51. The highest BCUT2D eigenvalue weighted by molar-refractivity contribution is 5.78. The molecule has 0 spiro atoms. The molecule has 0 aromatic heterocycles. The summed E-state index contributed by atoms with van der Waals surface area (Å²) in [6.07, 6.45) is 1.90. The predicted octanol–water partition coefficient (Wildman–Crippen LogP) is 0.727. The topological polar surface area (TPSA) is 64.1 Å². The number of carbonyl (C=O) groups excluding carboxylic acids is 1. The third-order valence-corrected chi connectivity index (χ3v) is 4.09. The van der Waals surface area contributed by atoms with E-state index in [4.69, 9.17) is 5.11 Å². The lowest BCUT2D eigenvalue weighted by Gasteiger charge is -2.35. The quantitative estimate of drug-likeness (QED) is 0.636. The molecular formula is C15H29N3O3. The van der Waals surface area contributed by atoms with Crippen LogP contribution in [-0.4, -0.2) is 84.0 Å². The van der Waals surface area contributed by atoms with Crippen LogP contribution in [0.2, 0.25) is 0 Å². The Bertz CT molecular complexity index is 324. The Balaban J connectivity index is 2.19. The fraction of sp³-hybridized carbons (Fsp3) is 0.867. The summed E-state index contributed by atoms with van der Waals surface area (Å²) in [5.74, 6) is -0.494. The number of hydrogen-bond acceptors (Lipinski definition) is 4. The van der Waals surface area contributed by atoms with E-state index in [0.717, 1.165) is 58.7 Å². The third-order valence-electron chi connectivity index (χ3n) is 4.09. The Labute approximate surface area is 127 Å². The van der Waals surface area contributed by atoms with Gasteiger partial charge in [0.15, 0.2) is 0 Å². The molecule has 122 valence electrons. The number of carboxylic acid groups (broad SMARTS) is 1. The molecule has 0 aliphatic carbocycles. The van der Waals surface area contributed by atoms with Crippen LogP contribution in [0.1, 0.15) is 33.1 Å². The fourth-order valence-corrected chi connectivity index (χ4v) is 2.57. The number of amides is 1. The number of aliphatic carboxylic acids is 1. The molecule has 1 aliphatic rings. The van der Waals surface area contributed by atoms with Crippen LogP contribution >= 0.6 is 0 Å². The van der Waals surface area contributed by atoms with E-state index >= 15 is 0 Å². The summed E-state index contributed by atoms with van der Waals surface area (Å²) in [5, 5.41) is 8.60. The van der Waals surface area contributed by atoms with Gasteiger partial charge in [-0.25, -0.2) is 0 Å². The average molecular weight is 299 g/mol. The lowest BCUT2D eigenvalue weighted by atomic mass is 10.2. The minimum atomic E-state index is -0.721. The van der Waals surface area contributed by atoms with Crippen LogP contribution in [0.15, 0.2) is 0 Å². The molecule has 21 heavy (non-hydrogen) atoms. The third kappa shape index (κ3) is 6.91. The van der Waals surface area contributed by atoms with Crippen LogP contribution in [0, 0.1) is 0 Å². The average Bonchev–Trinajstić information content (AvgIpc) is 2.49. The number of piperazine rings is 1. The van der Waals surface area contributed by atoms with Gasteiger partial charge in [0.25, 0.3) is 0 Å². The summed E-state index contributed by atoms with van der Waals surface area (Å²) in [6.45, 7) is 10.8. The summed E-state index contributed by atoms with van der Waals surface area (Å²) < 4.78 is 0. The van der Waals surface area contributed by atoms with Crippen molar-refractivity contribution in [2.24, 2.45) is 0 Å². The first-order chi connectivity index (χ1) is 10.1. The zero-order valence-corrected chi connectivity index (χ0v) is 13.4. The van der Waals surface area contributed by atoms with Gasteiger partial charge < -0.3 is 10.0 Å². The first-order valence-corrected chi connectivity index (χ1v) is 8.01. The second kappa shape index (κ2) is 9.73. The summed E-state index contributed by atoms with van der Waals surface area (Å²) >= 11 is 0. The smallest absolute Gasteiger partial charge is 0.303 e. The molecule has 0 unspecified atom stereocenters. The van der Waals surface area contributed by atoms with Crippen molar-refractivity contribution in [2.45, 2.75) is 33.1 Å². The summed E-state index contributed by atoms with van der Waals surface area (Å²) in [4.78, 5) is 29.0. The van der Waals surface area contributed by atoms with Crippen molar-refractivity contribution in [3.63, 3.8) is 0 Å². The van der Waals surface area contributed by atoms with Gasteiger partial charge in [0.1, 0.15) is 0 Å². The van der Waals surface area contributed by atoms with E-state index in [0.29, 0.717) is 6.54 Å². The van der Waals surface area contributed by atoms with Gasteiger partial charge in [-0.05, 0) is 32.5 Å². The molecule has 1 heterocycles. The fourth-order valence-electron chi connectivity index (χ4n) is 2.57. The molecule has 6 nitrogen and oxygen atoms in total. The van der Waals surface area contributed by atoms with Gasteiger partial charge in [-0.3, -0.25) is 19.4 Å². The second-order valence-electron chi connectivity index (χ2n) is 5.53. The standard InChI is InChI=1S/C15H29N3O3/c1-3-16(4-2)13-14(19)18-11-9-17(10-12-18)8-6-5-7-15(20)21/h3-13H2,1-2H3,(H,20,21). The molecule has 0 aromatic carbocycles. The molecule has 1 saturated heterocycles. The van der Waals surface area contributed by atoms with Gasteiger partial charge in [0.05, 0.1) is 6.54 Å². The van der Waals surface area contributed by atoms with Crippen molar-refractivity contribution in [1.82, 2.24) is 14.7 Å². The van der Waals surface area contributed by atoms with Gasteiger partial charge in [-0.1, -0.05) is 13.8 Å². The van der Waals surface area contributed by atoms with Crippen molar-refractivity contribution in [2.75, 3.05) is 52.4 Å². The molecule has 0 saturated carbocycles. The number of unbranched alkanes of at least 4 members (excludes halogenated alkanes) is 1. The molecular weight excluding hydrogens is 270 g/mol. The Morgan fingerprint density at radius 1 is 1.05 bits per heavy atom. The largest absolute Gasteiger partial charge is 0.481 e. The first kappa shape index (κ1) is 17.9. The Morgan fingerprint density at radius 3 is 2.19 bits per heavy atom. The van der Waals surface area contributed by atoms with Crippen molar-refractivity contribution >= 4 is 11.9 Å². The van der Waals surface area contributed by atoms with Crippen LogP contribution < -0.4 is 0 Å². The minimum Gasteiger partial charge on any atom is -0.481 e. The summed E-state index contributed by atoms with van der Waals surface area (Å²) in [7, 11) is 0. The molecule has 1 rings (SSSR count). The zero-order valence-electron chi connectivity index (χ0n) is 13.4. The molecule has 0 atom stereocenters. The minimum absolute atomic E-state index is 0.226. The van der Waals surface area contributed by atoms with Crippen LogP contribution in [0.25, 0.3) is 0 Å². The monoisotopic (exact) mass is 299 g/mol. The molecule has 1 aliphatic heterocycles. The number of likely N-dealkylation sites (N-methyl/N-ethyl adjacent to an activating group) is 1. The van der Waals surface area contributed by atoms with E-state index in [1.165, 1.54) is 0 Å². The summed E-state index contributed by atoms with van der Waals surface area (Å²) in [5.41, 5.74) is 0. The zero-order chi connectivity index (χ0) is 15.7. The number of nitrogens with zero attached hydrogens (tertiary/aromatic N) is 3. The predicted molar refractivity (Wildman–Crippen MR) is 82.3 cm³/mol. The van der Waals surface area contributed by atoms with Crippen molar-refractivity contribution in [3.8, 4) is 0 Å². The lowest BCUT2D eigenvalue weighted by molar-refractivity contribution is -0.137. The highest BCUT2D eigenvalue weighted by Gasteiger charge is 2.21. The molecule has 0 radical (unpaired) electrons. The number of carboxylic acids is 1. The maximum absolute atomic E-state index is 12.2. The van der Waals surface area contributed by atoms with E-state index in [9.17, 15) is 9.59 Å². The van der Waals surface area contributed by atoms with Gasteiger partial charge in [-0.2, -0.15) is 0 Å². The van der Waals surface area contributed by atoms with Gasteiger partial charge >= 0.3 is 5.97 Å². The van der Waals surface area contributed by atoms with Crippen molar-refractivity contribution in [1.29, 1.82) is 0 Å². The van der Waals surface area contributed by atoms with Crippen LogP contribution in [0.3, 0.4) is 0 Å². The second-order valence-corrected chi connectivity index (χ2v) is 5.53. The number of rotatable bonds is 9. The van der Waals surface area contributed by atoms with Crippen molar-refractivity contribution in [3.05, 3.63) is 0 Å². The molecule has 1 amide bonds. The molecule has 1 N–H and O–H groups in total. The van der Waals surface area contributed by atoms with E-state index in [1.54, 1.807) is 0 Å².